The number of para-hydroxylation sites is 4. The van der Waals surface area contributed by atoms with Crippen LogP contribution in [0.25, 0.3) is 11.0 Å². The van der Waals surface area contributed by atoms with Gasteiger partial charge in [-0.2, -0.15) is 0 Å². The maximum Gasteiger partial charge on any atom is 0.326 e. The Morgan fingerprint density at radius 3 is 1.78 bits per heavy atom. The zero-order valence-corrected chi connectivity index (χ0v) is 30.9. The van der Waals surface area contributed by atoms with Gasteiger partial charge in [-0.1, -0.05) is 24.3 Å². The number of H-pyrrole nitrogens is 1. The summed E-state index contributed by atoms with van der Waals surface area (Å²) in [7, 11) is 1.70. The first kappa shape index (κ1) is 38.6. The van der Waals surface area contributed by atoms with Gasteiger partial charge in [-0.3, -0.25) is 19.1 Å². The molecule has 54 heavy (non-hydrogen) atoms. The highest BCUT2D eigenvalue weighted by molar-refractivity contribution is 5.96. The molecule has 0 amide bonds. The highest BCUT2D eigenvalue weighted by Crippen LogP contribution is 2.28. The molecule has 284 valence electrons. The number of aromatic nitrogens is 2. The Morgan fingerprint density at radius 1 is 0.685 bits per heavy atom. The number of aromatic amines is 1. The van der Waals surface area contributed by atoms with Crippen LogP contribution in [0.3, 0.4) is 0 Å². The van der Waals surface area contributed by atoms with E-state index in [4.69, 9.17) is 4.74 Å². The lowest BCUT2D eigenvalue weighted by molar-refractivity contribution is 0.0964. The van der Waals surface area contributed by atoms with Crippen LogP contribution in [0.2, 0.25) is 0 Å². The van der Waals surface area contributed by atoms with Gasteiger partial charge in [-0.05, 0) is 112 Å². The van der Waals surface area contributed by atoms with E-state index >= 15 is 0 Å². The smallest absolute Gasteiger partial charge is 0.326 e. The second kappa shape index (κ2) is 18.8. The number of likely N-dealkylation sites (tertiary alicyclic amines) is 1. The molecule has 5 aromatic rings. The van der Waals surface area contributed by atoms with E-state index in [0.717, 1.165) is 101 Å². The van der Waals surface area contributed by atoms with Crippen molar-refractivity contribution in [2.24, 2.45) is 0 Å². The number of piperazine rings is 1. The molecule has 0 aliphatic carbocycles. The summed E-state index contributed by atoms with van der Waals surface area (Å²) in [5, 5.41) is 0. The average molecular weight is 738 g/mol. The van der Waals surface area contributed by atoms with Crippen molar-refractivity contribution < 1.29 is 23.1 Å². The van der Waals surface area contributed by atoms with E-state index in [1.807, 2.05) is 47.0 Å². The second-order valence-corrected chi connectivity index (χ2v) is 14.0. The lowest BCUT2D eigenvalue weighted by Crippen LogP contribution is -2.46. The number of Topliss-reactive ketones (excluding diaryl/α,β-unsaturated/α-hetero) is 2. The number of piperidine rings is 1. The zero-order valence-electron chi connectivity index (χ0n) is 30.9. The first-order valence-electron chi connectivity index (χ1n) is 18.9. The summed E-state index contributed by atoms with van der Waals surface area (Å²) in [6.07, 6.45) is 4.42. The first-order chi connectivity index (χ1) is 26.3. The quantitative estimate of drug-likeness (QED) is 0.126. The standard InChI is InChI=1S/C22H24FN3O2.C21H25FN2O2/c23-17-9-7-16(8-10-17)21(27)6-3-13-25-14-11-18(12-15-25)26-20-5-2-1-4-19(20)24-22(26)28;1-26-21-7-3-2-5-19(21)24-15-13-23(14-16-24)12-4-6-20(25)17-8-10-18(22)11-9-17/h1-2,4-5,7-10,18H,3,6,11-15H2,(H,24,28);2-3,5,7-11H,4,6,12-16H2,1H3. The molecule has 3 heterocycles. The summed E-state index contributed by atoms with van der Waals surface area (Å²) in [5.74, 6) is 0.409. The van der Waals surface area contributed by atoms with Crippen molar-refractivity contribution in [2.45, 2.75) is 44.6 Å². The highest BCUT2D eigenvalue weighted by Gasteiger charge is 2.24. The Balaban J connectivity index is 0.000000185. The first-order valence-corrected chi connectivity index (χ1v) is 18.9. The van der Waals surface area contributed by atoms with Crippen molar-refractivity contribution in [2.75, 3.05) is 64.4 Å². The topological polar surface area (TPSA) is 90.9 Å². The summed E-state index contributed by atoms with van der Waals surface area (Å²) < 4.78 is 33.2. The van der Waals surface area contributed by atoms with Gasteiger partial charge in [0.25, 0.3) is 0 Å². The molecule has 0 radical (unpaired) electrons. The van der Waals surface area contributed by atoms with Gasteiger partial charge in [0.15, 0.2) is 11.6 Å². The molecule has 11 heteroatoms. The lowest BCUT2D eigenvalue weighted by atomic mass is 10.0. The fourth-order valence-corrected chi connectivity index (χ4v) is 7.43. The van der Waals surface area contributed by atoms with Crippen molar-refractivity contribution in [3.8, 4) is 5.75 Å². The number of ketones is 2. The van der Waals surface area contributed by atoms with Gasteiger partial charge >= 0.3 is 5.69 Å². The van der Waals surface area contributed by atoms with Crippen molar-refractivity contribution in [1.82, 2.24) is 19.4 Å². The number of anilines is 1. The van der Waals surface area contributed by atoms with Gasteiger partial charge in [-0.15, -0.1) is 0 Å². The predicted molar refractivity (Wildman–Crippen MR) is 209 cm³/mol. The van der Waals surface area contributed by atoms with E-state index < -0.39 is 0 Å². The molecule has 1 N–H and O–H groups in total. The van der Waals surface area contributed by atoms with Crippen LogP contribution < -0.4 is 15.3 Å². The molecular weight excluding hydrogens is 688 g/mol. The number of imidazole rings is 1. The van der Waals surface area contributed by atoms with Crippen LogP contribution in [-0.4, -0.2) is 90.4 Å². The highest BCUT2D eigenvalue weighted by atomic mass is 19.1. The average Bonchev–Trinajstić information content (AvgIpc) is 3.54. The molecule has 9 nitrogen and oxygen atoms in total. The van der Waals surface area contributed by atoms with E-state index in [1.54, 1.807) is 31.4 Å². The second-order valence-electron chi connectivity index (χ2n) is 14.0. The molecule has 0 atom stereocenters. The van der Waals surface area contributed by atoms with Crippen molar-refractivity contribution in [3.63, 3.8) is 0 Å². The van der Waals surface area contributed by atoms with Crippen molar-refractivity contribution >= 4 is 28.3 Å². The number of nitrogens with one attached hydrogen (secondary N) is 1. The number of fused-ring (bicyclic) bond motifs is 1. The van der Waals surface area contributed by atoms with Crippen LogP contribution in [0, 0.1) is 11.6 Å². The fraction of sp³-hybridized carbons (Fsp3) is 0.372. The van der Waals surface area contributed by atoms with E-state index in [-0.39, 0.29) is 34.9 Å². The Hall–Kier alpha value is -5.13. The molecule has 0 saturated carbocycles. The fourth-order valence-electron chi connectivity index (χ4n) is 7.43. The molecular formula is C43H49F2N5O4. The third-order valence-electron chi connectivity index (χ3n) is 10.4. The van der Waals surface area contributed by atoms with Crippen molar-refractivity contribution in [3.05, 3.63) is 130 Å². The SMILES string of the molecule is COc1ccccc1N1CCN(CCCC(=O)c2ccc(F)cc2)CC1.O=C(CCCN1CCC(n2c(=O)[nH]c3ccccc32)CC1)c1ccc(F)cc1. The number of methoxy groups -OCH3 is 1. The zero-order chi connectivity index (χ0) is 37.9. The summed E-state index contributed by atoms with van der Waals surface area (Å²) in [6, 6.07) is 27.6. The molecule has 7 rings (SSSR count). The molecule has 1 aromatic heterocycles. The maximum absolute atomic E-state index is 12.9. The number of nitrogens with zero attached hydrogens (tertiary/aromatic N) is 4. The number of halogens is 2. The molecule has 2 aliphatic heterocycles. The molecule has 0 unspecified atom stereocenters. The van der Waals surface area contributed by atoms with Crippen LogP contribution in [0.15, 0.2) is 102 Å². The summed E-state index contributed by atoms with van der Waals surface area (Å²) >= 11 is 0. The Morgan fingerprint density at radius 2 is 1.20 bits per heavy atom. The van der Waals surface area contributed by atoms with E-state index in [9.17, 15) is 23.2 Å². The maximum atomic E-state index is 12.9. The molecule has 0 bridgehead atoms. The Kier molecular flexibility index (Phi) is 13.4. The van der Waals surface area contributed by atoms with Gasteiger partial charge in [-0.25, -0.2) is 13.6 Å². The minimum atomic E-state index is -0.325. The number of ether oxygens (including phenoxy) is 1. The van der Waals surface area contributed by atoms with Crippen LogP contribution in [0.5, 0.6) is 5.75 Å². The van der Waals surface area contributed by atoms with Crippen LogP contribution >= 0.6 is 0 Å². The summed E-state index contributed by atoms with van der Waals surface area (Å²) in [6.45, 7) is 7.46. The number of carbonyl (C=O) groups excluding carboxylic acids is 2. The number of carbonyl (C=O) groups is 2. The number of benzene rings is 4. The summed E-state index contributed by atoms with van der Waals surface area (Å²) in [4.78, 5) is 46.7. The molecule has 0 spiro atoms. The van der Waals surface area contributed by atoms with E-state index in [0.29, 0.717) is 24.0 Å². The molecule has 2 saturated heterocycles. The third-order valence-corrected chi connectivity index (χ3v) is 10.4. The number of hydrogen-bond donors (Lipinski definition) is 1. The van der Waals surface area contributed by atoms with Crippen LogP contribution in [0.4, 0.5) is 14.5 Å². The monoisotopic (exact) mass is 737 g/mol. The number of rotatable bonds is 13. The minimum Gasteiger partial charge on any atom is -0.495 e. The Labute approximate surface area is 315 Å². The van der Waals surface area contributed by atoms with Gasteiger partial charge in [0.1, 0.15) is 17.4 Å². The summed E-state index contributed by atoms with van der Waals surface area (Å²) in [5.41, 5.74) is 4.11. The lowest BCUT2D eigenvalue weighted by Gasteiger charge is -2.36. The van der Waals surface area contributed by atoms with Gasteiger partial charge in [0.05, 0.1) is 23.8 Å². The van der Waals surface area contributed by atoms with Crippen molar-refractivity contribution in [1.29, 1.82) is 0 Å². The van der Waals surface area contributed by atoms with Gasteiger partial charge < -0.3 is 19.5 Å². The molecule has 2 fully saturated rings. The van der Waals surface area contributed by atoms with Crippen LogP contribution in [0.1, 0.15) is 65.3 Å². The molecule has 4 aromatic carbocycles. The number of hydrogen-bond acceptors (Lipinski definition) is 7. The Bertz CT molecular complexity index is 2030. The van der Waals surface area contributed by atoms with Gasteiger partial charge in [0.2, 0.25) is 0 Å². The normalized spacial score (nSPS) is 15.5. The largest absolute Gasteiger partial charge is 0.495 e. The van der Waals surface area contributed by atoms with Gasteiger partial charge in [0, 0.05) is 69.3 Å². The third kappa shape index (κ3) is 10.1. The minimum absolute atomic E-state index is 0.0375. The van der Waals surface area contributed by atoms with E-state index in [2.05, 4.69) is 25.8 Å². The predicted octanol–water partition coefficient (Wildman–Crippen LogP) is 7.39. The van der Waals surface area contributed by atoms with E-state index in [1.165, 1.54) is 24.3 Å². The molecule has 2 aliphatic rings. The van der Waals surface area contributed by atoms with Crippen LogP contribution in [-0.2, 0) is 0 Å².